The van der Waals surface area contributed by atoms with E-state index in [1.807, 2.05) is 67.6 Å². The molecular weight excluding hydrogens is 407 g/mol. The summed E-state index contributed by atoms with van der Waals surface area (Å²) >= 11 is 0. The third-order valence-corrected chi connectivity index (χ3v) is 8.91. The predicted octanol–water partition coefficient (Wildman–Crippen LogP) is 5.35. The summed E-state index contributed by atoms with van der Waals surface area (Å²) in [7, 11) is -7.79. The Morgan fingerprint density at radius 1 is 0.724 bits per heavy atom. The van der Waals surface area contributed by atoms with Crippen molar-refractivity contribution in [2.45, 2.75) is 25.0 Å². The van der Waals surface area contributed by atoms with Crippen LogP contribution in [-0.2, 0) is 36.7 Å². The van der Waals surface area contributed by atoms with E-state index in [2.05, 4.69) is 0 Å². The molecule has 0 aliphatic carbocycles. The summed E-state index contributed by atoms with van der Waals surface area (Å²) < 4.78 is 50.2. The van der Waals surface area contributed by atoms with Gasteiger partial charge in [0, 0.05) is 0 Å². The molecule has 0 saturated carbocycles. The van der Waals surface area contributed by atoms with Crippen molar-refractivity contribution < 1.29 is 22.0 Å². The van der Waals surface area contributed by atoms with Gasteiger partial charge in [-0.3, -0.25) is 4.57 Å². The van der Waals surface area contributed by atoms with Crippen LogP contribution in [0.3, 0.4) is 0 Å². The second kappa shape index (κ2) is 9.51. The normalized spacial score (nSPS) is 12.0. The van der Waals surface area contributed by atoms with Crippen molar-refractivity contribution in [1.82, 2.24) is 0 Å². The SMILES string of the molecule is Cc1ccc(S(=O)(=O)CP(=O)(OCc2ccccc2)OCc2ccccc2)cc1. The van der Waals surface area contributed by atoms with Crippen LogP contribution in [0.5, 0.6) is 0 Å². The maximum absolute atomic E-state index is 13.4. The molecule has 0 amide bonds. The van der Waals surface area contributed by atoms with Crippen molar-refractivity contribution in [3.05, 3.63) is 102 Å². The molecule has 3 aromatic carbocycles. The topological polar surface area (TPSA) is 69.7 Å². The van der Waals surface area contributed by atoms with Crippen LogP contribution >= 0.6 is 7.60 Å². The Bertz CT molecular complexity index is 1020. The van der Waals surface area contributed by atoms with Crippen LogP contribution in [0.4, 0.5) is 0 Å². The lowest BCUT2D eigenvalue weighted by Gasteiger charge is -2.19. The van der Waals surface area contributed by atoms with Crippen LogP contribution in [0.15, 0.2) is 89.8 Å². The fourth-order valence-electron chi connectivity index (χ4n) is 2.63. The molecule has 0 heterocycles. The van der Waals surface area contributed by atoms with Gasteiger partial charge in [0.25, 0.3) is 0 Å². The van der Waals surface area contributed by atoms with Crippen LogP contribution in [0.2, 0.25) is 0 Å². The van der Waals surface area contributed by atoms with Crippen LogP contribution in [0, 0.1) is 6.92 Å². The third kappa shape index (κ3) is 6.38. The van der Waals surface area contributed by atoms with Crippen molar-refractivity contribution in [2.75, 3.05) is 5.49 Å². The molecule has 0 spiro atoms. The molecule has 0 aromatic heterocycles. The van der Waals surface area contributed by atoms with Gasteiger partial charge in [0.15, 0.2) is 15.3 Å². The molecule has 0 atom stereocenters. The maximum Gasteiger partial charge on any atom is 0.346 e. The summed E-state index contributed by atoms with van der Waals surface area (Å²) in [6.07, 6.45) is 0. The number of aryl methyl sites for hydroxylation is 1. The first-order valence-electron chi connectivity index (χ1n) is 9.12. The fourth-order valence-corrected chi connectivity index (χ4v) is 6.81. The number of benzene rings is 3. The maximum atomic E-state index is 13.4. The van der Waals surface area contributed by atoms with E-state index in [9.17, 15) is 13.0 Å². The Morgan fingerprint density at radius 2 is 1.17 bits per heavy atom. The Kier molecular flexibility index (Phi) is 7.04. The summed E-state index contributed by atoms with van der Waals surface area (Å²) in [5, 5.41) is 0. The predicted molar refractivity (Wildman–Crippen MR) is 113 cm³/mol. The quantitative estimate of drug-likeness (QED) is 0.428. The van der Waals surface area contributed by atoms with Crippen LogP contribution in [-0.4, -0.2) is 13.9 Å². The van der Waals surface area contributed by atoms with Crippen molar-refractivity contribution >= 4 is 17.4 Å². The average molecular weight is 430 g/mol. The molecule has 29 heavy (non-hydrogen) atoms. The Labute approximate surface area is 171 Å². The first kappa shape index (κ1) is 21.5. The molecule has 0 fully saturated rings. The summed E-state index contributed by atoms with van der Waals surface area (Å²) in [6, 6.07) is 24.7. The second-order valence-corrected chi connectivity index (χ2v) is 11.2. The molecule has 0 bridgehead atoms. The first-order valence-corrected chi connectivity index (χ1v) is 12.5. The van der Waals surface area contributed by atoms with E-state index in [1.54, 1.807) is 12.1 Å². The van der Waals surface area contributed by atoms with Gasteiger partial charge in [-0.1, -0.05) is 78.4 Å². The van der Waals surface area contributed by atoms with Gasteiger partial charge in [0.1, 0.15) is 0 Å². The monoisotopic (exact) mass is 430 g/mol. The Morgan fingerprint density at radius 3 is 1.62 bits per heavy atom. The molecular formula is C22H23O5PS. The van der Waals surface area contributed by atoms with Gasteiger partial charge in [0.05, 0.1) is 18.1 Å². The van der Waals surface area contributed by atoms with Crippen LogP contribution in [0.25, 0.3) is 0 Å². The Balaban J connectivity index is 1.80. The lowest BCUT2D eigenvalue weighted by molar-refractivity contribution is 0.194. The highest BCUT2D eigenvalue weighted by Crippen LogP contribution is 2.51. The molecule has 0 radical (unpaired) electrons. The van der Waals surface area contributed by atoms with Crippen LogP contribution in [0.1, 0.15) is 16.7 Å². The van der Waals surface area contributed by atoms with E-state index in [1.165, 1.54) is 12.1 Å². The molecule has 0 unspecified atom stereocenters. The van der Waals surface area contributed by atoms with Crippen molar-refractivity contribution in [3.63, 3.8) is 0 Å². The second-order valence-electron chi connectivity index (χ2n) is 6.69. The number of hydrogen-bond acceptors (Lipinski definition) is 5. The minimum atomic E-state index is -3.94. The van der Waals surface area contributed by atoms with E-state index >= 15 is 0 Å². The lowest BCUT2D eigenvalue weighted by Crippen LogP contribution is -2.11. The number of sulfone groups is 1. The van der Waals surface area contributed by atoms with Gasteiger partial charge in [-0.2, -0.15) is 0 Å². The Hall–Kier alpha value is -2.24. The summed E-state index contributed by atoms with van der Waals surface area (Å²) in [5.41, 5.74) is 1.78. The zero-order valence-corrected chi connectivity index (χ0v) is 17.8. The van der Waals surface area contributed by atoms with E-state index in [-0.39, 0.29) is 18.1 Å². The van der Waals surface area contributed by atoms with E-state index in [4.69, 9.17) is 9.05 Å². The van der Waals surface area contributed by atoms with Gasteiger partial charge < -0.3 is 9.05 Å². The minimum absolute atomic E-state index is 0.00365. The van der Waals surface area contributed by atoms with Crippen molar-refractivity contribution in [1.29, 1.82) is 0 Å². The highest BCUT2D eigenvalue weighted by atomic mass is 32.2. The smallest absolute Gasteiger partial charge is 0.303 e. The summed E-state index contributed by atoms with van der Waals surface area (Å²) in [6.45, 7) is 1.86. The summed E-state index contributed by atoms with van der Waals surface area (Å²) in [5.74, 6) is 0. The van der Waals surface area contributed by atoms with Gasteiger partial charge in [-0.15, -0.1) is 0 Å². The van der Waals surface area contributed by atoms with E-state index < -0.39 is 22.9 Å². The zero-order valence-electron chi connectivity index (χ0n) is 16.1. The van der Waals surface area contributed by atoms with Gasteiger partial charge >= 0.3 is 7.60 Å². The van der Waals surface area contributed by atoms with Crippen LogP contribution < -0.4 is 0 Å². The fraction of sp³-hybridized carbons (Fsp3) is 0.182. The average Bonchev–Trinajstić information content (AvgIpc) is 2.73. The van der Waals surface area contributed by atoms with Crippen molar-refractivity contribution in [2.24, 2.45) is 0 Å². The molecule has 3 aromatic rings. The molecule has 0 saturated heterocycles. The molecule has 5 nitrogen and oxygen atoms in total. The summed E-state index contributed by atoms with van der Waals surface area (Å²) in [4.78, 5) is 0.0925. The zero-order chi connectivity index (χ0) is 20.7. The number of hydrogen-bond donors (Lipinski definition) is 0. The molecule has 152 valence electrons. The standard InChI is InChI=1S/C22H23O5PS/c1-19-12-14-22(15-13-19)29(24,25)18-28(23,26-16-20-8-4-2-5-9-20)27-17-21-10-6-3-7-11-21/h2-15H,16-18H2,1H3. The minimum Gasteiger partial charge on any atom is -0.303 e. The van der Waals surface area contributed by atoms with Gasteiger partial charge in [-0.05, 0) is 30.2 Å². The van der Waals surface area contributed by atoms with Gasteiger partial charge in [-0.25, -0.2) is 8.42 Å². The number of rotatable bonds is 9. The van der Waals surface area contributed by atoms with E-state index in [0.717, 1.165) is 16.7 Å². The molecule has 3 rings (SSSR count). The third-order valence-electron chi connectivity index (χ3n) is 4.25. The molecule has 0 N–H and O–H groups in total. The van der Waals surface area contributed by atoms with E-state index in [0.29, 0.717) is 0 Å². The molecule has 0 aliphatic heterocycles. The lowest BCUT2D eigenvalue weighted by atomic mass is 10.2. The highest BCUT2D eigenvalue weighted by molar-refractivity contribution is 7.97. The molecule has 0 aliphatic rings. The van der Waals surface area contributed by atoms with Gasteiger partial charge in [0.2, 0.25) is 0 Å². The largest absolute Gasteiger partial charge is 0.346 e. The first-order chi connectivity index (χ1) is 13.9. The van der Waals surface area contributed by atoms with Crippen molar-refractivity contribution in [3.8, 4) is 0 Å². The molecule has 7 heteroatoms. The highest BCUT2D eigenvalue weighted by Gasteiger charge is 2.33.